The smallest absolute Gasteiger partial charge is 0.244 e. The third-order valence-electron chi connectivity index (χ3n) is 5.85. The van der Waals surface area contributed by atoms with E-state index in [4.69, 9.17) is 9.47 Å². The topological polar surface area (TPSA) is 84.9 Å². The fraction of sp³-hybridized carbons (Fsp3) is 0.435. The van der Waals surface area contributed by atoms with Crippen LogP contribution in [0, 0.1) is 0 Å². The molecule has 0 saturated heterocycles. The molecule has 1 aliphatic carbocycles. The van der Waals surface area contributed by atoms with Crippen molar-refractivity contribution in [3.8, 4) is 11.5 Å². The monoisotopic (exact) mass is 444 g/mol. The Balaban J connectivity index is 1.54. The minimum absolute atomic E-state index is 0.234. The van der Waals surface area contributed by atoms with Crippen molar-refractivity contribution in [2.24, 2.45) is 0 Å². The number of aryl methyl sites for hydroxylation is 2. The Hall–Kier alpha value is -2.74. The third kappa shape index (κ3) is 4.49. The molecule has 2 aliphatic rings. The van der Waals surface area contributed by atoms with Crippen molar-refractivity contribution in [1.29, 1.82) is 0 Å². The second-order valence-electron chi connectivity index (χ2n) is 8.17. The van der Waals surface area contributed by atoms with Crippen LogP contribution in [0.5, 0.6) is 11.5 Å². The van der Waals surface area contributed by atoms with Gasteiger partial charge in [0.05, 0.1) is 18.0 Å². The highest BCUT2D eigenvalue weighted by atomic mass is 32.2. The number of fused-ring (bicyclic) bond motifs is 2. The Morgan fingerprint density at radius 3 is 2.45 bits per heavy atom. The van der Waals surface area contributed by atoms with E-state index in [-0.39, 0.29) is 11.9 Å². The number of amides is 1. The van der Waals surface area contributed by atoms with E-state index in [2.05, 4.69) is 17.4 Å². The summed E-state index contributed by atoms with van der Waals surface area (Å²) in [7, 11) is -3.72. The van der Waals surface area contributed by atoms with Gasteiger partial charge in [0, 0.05) is 6.07 Å². The van der Waals surface area contributed by atoms with E-state index in [1.54, 1.807) is 25.1 Å². The summed E-state index contributed by atoms with van der Waals surface area (Å²) in [5, 5.41) is 2.97. The molecule has 0 fully saturated rings. The van der Waals surface area contributed by atoms with Crippen LogP contribution >= 0.6 is 0 Å². The summed E-state index contributed by atoms with van der Waals surface area (Å²) in [6.07, 6.45) is 4.42. The van der Waals surface area contributed by atoms with E-state index in [0.717, 1.165) is 35.4 Å². The highest BCUT2D eigenvalue weighted by Crippen LogP contribution is 2.35. The number of carbonyl (C=O) groups excluding carboxylic acids is 1. The zero-order valence-electron chi connectivity index (χ0n) is 18.1. The quantitative estimate of drug-likeness (QED) is 0.741. The van der Waals surface area contributed by atoms with Crippen molar-refractivity contribution in [3.63, 3.8) is 0 Å². The van der Waals surface area contributed by atoms with Gasteiger partial charge in [0.25, 0.3) is 0 Å². The number of hydrogen-bond donors (Lipinski definition) is 1. The van der Waals surface area contributed by atoms with Gasteiger partial charge >= 0.3 is 0 Å². The molecule has 0 saturated carbocycles. The molecular weight excluding hydrogens is 416 g/mol. The molecule has 8 heteroatoms. The number of sulfonamides is 1. The highest BCUT2D eigenvalue weighted by Gasteiger charge is 2.31. The van der Waals surface area contributed by atoms with E-state index < -0.39 is 16.1 Å². The summed E-state index contributed by atoms with van der Waals surface area (Å²) in [6, 6.07) is 10.0. The van der Waals surface area contributed by atoms with Gasteiger partial charge in [-0.15, -0.1) is 0 Å². The minimum Gasteiger partial charge on any atom is -0.486 e. The van der Waals surface area contributed by atoms with Gasteiger partial charge in [0.1, 0.15) is 19.3 Å². The predicted octanol–water partition coefficient (Wildman–Crippen LogP) is 2.98. The molecule has 0 bridgehead atoms. The number of carbonyl (C=O) groups is 1. The number of nitrogens with zero attached hydrogens (tertiary/aromatic N) is 1. The van der Waals surface area contributed by atoms with Crippen molar-refractivity contribution < 1.29 is 22.7 Å². The molecule has 1 amide bonds. The SMILES string of the molecule is C[C@H](C(=O)N[C@H](C)c1ccc2c(c1)CCC2)N(c1ccc2c(c1)OCCO2)S(C)(=O)=O. The van der Waals surface area contributed by atoms with Crippen molar-refractivity contribution in [2.75, 3.05) is 23.8 Å². The van der Waals surface area contributed by atoms with E-state index in [0.29, 0.717) is 30.4 Å². The molecular formula is C23H28N2O5S. The number of anilines is 1. The standard InChI is InChI=1S/C23H28N2O5S/c1-15(18-8-7-17-5-4-6-19(17)13-18)24-23(26)16(2)25(31(3,27)28)20-9-10-21-22(14-20)30-12-11-29-21/h7-10,13-16H,4-6,11-12H2,1-3H3,(H,24,26)/t15-,16-/m1/s1. The normalized spacial score (nSPS) is 16.9. The first kappa shape index (κ1) is 21.5. The Morgan fingerprint density at radius 2 is 1.71 bits per heavy atom. The highest BCUT2D eigenvalue weighted by molar-refractivity contribution is 7.92. The average molecular weight is 445 g/mol. The van der Waals surface area contributed by atoms with Gasteiger partial charge in [-0.25, -0.2) is 8.42 Å². The van der Waals surface area contributed by atoms with Crippen molar-refractivity contribution in [2.45, 2.75) is 45.2 Å². The van der Waals surface area contributed by atoms with Crippen LogP contribution in [0.4, 0.5) is 5.69 Å². The van der Waals surface area contributed by atoms with Crippen LogP contribution in [0.25, 0.3) is 0 Å². The first-order valence-electron chi connectivity index (χ1n) is 10.5. The molecule has 1 N–H and O–H groups in total. The van der Waals surface area contributed by atoms with Gasteiger partial charge in [-0.3, -0.25) is 9.10 Å². The van der Waals surface area contributed by atoms with Crippen LogP contribution < -0.4 is 19.1 Å². The van der Waals surface area contributed by atoms with Crippen molar-refractivity contribution in [3.05, 3.63) is 53.1 Å². The van der Waals surface area contributed by atoms with Crippen LogP contribution in [0.15, 0.2) is 36.4 Å². The maximum atomic E-state index is 13.0. The lowest BCUT2D eigenvalue weighted by Crippen LogP contribution is -2.48. The van der Waals surface area contributed by atoms with Crippen LogP contribution in [0.2, 0.25) is 0 Å². The summed E-state index contributed by atoms with van der Waals surface area (Å²) in [6.45, 7) is 4.34. The molecule has 0 spiro atoms. The van der Waals surface area contributed by atoms with Gasteiger partial charge in [-0.2, -0.15) is 0 Å². The largest absolute Gasteiger partial charge is 0.486 e. The predicted molar refractivity (Wildman–Crippen MR) is 119 cm³/mol. The molecule has 2 aromatic rings. The van der Waals surface area contributed by atoms with Gasteiger partial charge in [-0.1, -0.05) is 18.2 Å². The van der Waals surface area contributed by atoms with E-state index in [1.807, 2.05) is 13.0 Å². The summed E-state index contributed by atoms with van der Waals surface area (Å²) in [5.41, 5.74) is 4.09. The summed E-state index contributed by atoms with van der Waals surface area (Å²) >= 11 is 0. The van der Waals surface area contributed by atoms with E-state index >= 15 is 0 Å². The Kier molecular flexibility index (Phi) is 5.83. The Labute approximate surface area is 183 Å². The second kappa shape index (κ2) is 8.42. The number of rotatable bonds is 6. The van der Waals surface area contributed by atoms with Gasteiger partial charge in [0.15, 0.2) is 11.5 Å². The lowest BCUT2D eigenvalue weighted by Gasteiger charge is -2.30. The molecule has 31 heavy (non-hydrogen) atoms. The first-order valence-corrected chi connectivity index (χ1v) is 12.4. The molecule has 0 unspecified atom stereocenters. The van der Waals surface area contributed by atoms with E-state index in [1.165, 1.54) is 11.1 Å². The van der Waals surface area contributed by atoms with Crippen LogP contribution in [-0.2, 0) is 27.7 Å². The molecule has 4 rings (SSSR count). The molecule has 166 valence electrons. The zero-order chi connectivity index (χ0) is 22.2. The fourth-order valence-corrected chi connectivity index (χ4v) is 5.42. The summed E-state index contributed by atoms with van der Waals surface area (Å²) < 4.78 is 37.4. The molecule has 1 heterocycles. The summed E-state index contributed by atoms with van der Waals surface area (Å²) in [4.78, 5) is 13.0. The Bertz CT molecular complexity index is 1100. The lowest BCUT2D eigenvalue weighted by molar-refractivity contribution is -0.122. The number of benzene rings is 2. The molecule has 7 nitrogen and oxygen atoms in total. The van der Waals surface area contributed by atoms with E-state index in [9.17, 15) is 13.2 Å². The molecule has 2 aromatic carbocycles. The van der Waals surface area contributed by atoms with Gasteiger partial charge in [-0.05, 0) is 61.9 Å². The molecule has 1 aliphatic heterocycles. The maximum absolute atomic E-state index is 13.0. The van der Waals surface area contributed by atoms with Crippen LogP contribution in [0.1, 0.15) is 43.0 Å². The lowest BCUT2D eigenvalue weighted by atomic mass is 10.0. The average Bonchev–Trinajstić information content (AvgIpc) is 3.20. The third-order valence-corrected chi connectivity index (χ3v) is 7.09. The molecule has 0 radical (unpaired) electrons. The maximum Gasteiger partial charge on any atom is 0.244 e. The molecule has 2 atom stereocenters. The van der Waals surface area contributed by atoms with Crippen LogP contribution in [0.3, 0.4) is 0 Å². The zero-order valence-corrected chi connectivity index (χ0v) is 18.9. The number of nitrogens with one attached hydrogen (secondary N) is 1. The van der Waals surface area contributed by atoms with Gasteiger partial charge in [0.2, 0.25) is 15.9 Å². The number of ether oxygens (including phenoxy) is 2. The van der Waals surface area contributed by atoms with Crippen molar-refractivity contribution >= 4 is 21.6 Å². The minimum atomic E-state index is -3.72. The van der Waals surface area contributed by atoms with Crippen LogP contribution in [-0.4, -0.2) is 39.8 Å². The van der Waals surface area contributed by atoms with Crippen molar-refractivity contribution in [1.82, 2.24) is 5.32 Å². The fourth-order valence-electron chi connectivity index (χ4n) is 4.26. The summed E-state index contributed by atoms with van der Waals surface area (Å²) in [5.74, 6) is 0.663. The number of hydrogen-bond acceptors (Lipinski definition) is 5. The second-order valence-corrected chi connectivity index (χ2v) is 10.0. The first-order chi connectivity index (χ1) is 14.7. The van der Waals surface area contributed by atoms with Gasteiger partial charge < -0.3 is 14.8 Å². The Morgan fingerprint density at radius 1 is 1.00 bits per heavy atom. The molecule has 0 aromatic heterocycles.